The number of rotatable bonds is 11. The van der Waals surface area contributed by atoms with E-state index in [1.807, 2.05) is 40.1 Å². The fraction of sp³-hybridized carbons (Fsp3) is 0.511. The van der Waals surface area contributed by atoms with Gasteiger partial charge in [0.25, 0.3) is 0 Å². The van der Waals surface area contributed by atoms with Crippen molar-refractivity contribution in [3.63, 3.8) is 0 Å². The monoisotopic (exact) mass is 763 g/mol. The van der Waals surface area contributed by atoms with E-state index >= 15 is 0 Å². The molecule has 298 valence electrons. The molecular formula is C45H57N5O6. The molecule has 2 aromatic rings. The van der Waals surface area contributed by atoms with Crippen molar-refractivity contribution >= 4 is 46.4 Å². The Morgan fingerprint density at radius 1 is 0.643 bits per heavy atom. The molecule has 2 aliphatic heterocycles. The molecule has 3 amide bonds. The number of hydrazine groups is 1. The lowest BCUT2D eigenvalue weighted by Gasteiger charge is -2.36. The fourth-order valence-electron chi connectivity index (χ4n) is 8.89. The number of carbonyl (C=O) groups excluding carboxylic acids is 4. The lowest BCUT2D eigenvalue weighted by molar-refractivity contribution is -0.142. The van der Waals surface area contributed by atoms with Crippen LogP contribution in [-0.4, -0.2) is 66.6 Å². The second kappa shape index (κ2) is 18.3. The Morgan fingerprint density at radius 2 is 1.09 bits per heavy atom. The predicted molar refractivity (Wildman–Crippen MR) is 220 cm³/mol. The number of nitrogens with one attached hydrogen (secondary N) is 2. The molecule has 2 saturated carbocycles. The highest BCUT2D eigenvalue weighted by Gasteiger charge is 2.41. The Kier molecular flexibility index (Phi) is 13.2. The molecule has 2 N–H and O–H groups in total. The standard InChI is InChI=1S/C45H57N5O6/c1-27(2)41(48-44(53)55-5)42(51)37-13-9-7-11-35(37)39-23-33(25-46-39)31-19-15-29(16-20-31)30-17-21-32(22-18-30)34-24-40(47-26-34)36-12-8-10-14-38(36)43(52)50(28(3)4)49-45(54)56-6/h15-22,25-28,35-38,41H,7-14,23-24H2,1-6H3,(H,48,53)(H,49,54)/t35?,36?,37?,38-,41?/m1/s1. The number of nitrogens with zero attached hydrogens (tertiary/aromatic N) is 3. The summed E-state index contributed by atoms with van der Waals surface area (Å²) < 4.78 is 9.58. The number of amides is 3. The fourth-order valence-corrected chi connectivity index (χ4v) is 8.89. The van der Waals surface area contributed by atoms with Gasteiger partial charge in [-0.3, -0.25) is 19.6 Å². The summed E-state index contributed by atoms with van der Waals surface area (Å²) in [5.41, 5.74) is 11.5. The molecule has 6 rings (SSSR count). The zero-order chi connectivity index (χ0) is 39.9. The lowest BCUT2D eigenvalue weighted by Crippen LogP contribution is -2.54. The first-order valence-corrected chi connectivity index (χ1v) is 20.3. The van der Waals surface area contributed by atoms with Gasteiger partial charge in [0, 0.05) is 66.4 Å². The van der Waals surface area contributed by atoms with Gasteiger partial charge in [0.1, 0.15) is 0 Å². The van der Waals surface area contributed by atoms with Crippen LogP contribution in [0.15, 0.2) is 70.9 Å². The number of ketones is 1. The molecule has 4 unspecified atom stereocenters. The molecule has 2 aromatic carbocycles. The van der Waals surface area contributed by atoms with E-state index in [0.717, 1.165) is 96.2 Å². The van der Waals surface area contributed by atoms with Crippen molar-refractivity contribution in [2.75, 3.05) is 14.2 Å². The highest BCUT2D eigenvalue weighted by Crippen LogP contribution is 2.40. The van der Waals surface area contributed by atoms with E-state index in [0.29, 0.717) is 12.8 Å². The summed E-state index contributed by atoms with van der Waals surface area (Å²) in [5, 5.41) is 4.19. The van der Waals surface area contributed by atoms with E-state index < -0.39 is 18.2 Å². The highest BCUT2D eigenvalue weighted by molar-refractivity contribution is 6.04. The van der Waals surface area contributed by atoms with Gasteiger partial charge in [-0.25, -0.2) is 20.0 Å². The highest BCUT2D eigenvalue weighted by atomic mass is 16.5. The number of benzene rings is 2. The van der Waals surface area contributed by atoms with Crippen LogP contribution in [0.5, 0.6) is 0 Å². The minimum Gasteiger partial charge on any atom is -0.453 e. The van der Waals surface area contributed by atoms with Crippen LogP contribution in [0.1, 0.15) is 103 Å². The zero-order valence-electron chi connectivity index (χ0n) is 33.7. The summed E-state index contributed by atoms with van der Waals surface area (Å²) >= 11 is 0. The minimum atomic E-state index is -0.650. The topological polar surface area (TPSA) is 139 Å². The maximum absolute atomic E-state index is 13.8. The average Bonchev–Trinajstić information content (AvgIpc) is 3.93. The van der Waals surface area contributed by atoms with Gasteiger partial charge in [-0.15, -0.1) is 0 Å². The lowest BCUT2D eigenvalue weighted by atomic mass is 9.71. The van der Waals surface area contributed by atoms with E-state index in [4.69, 9.17) is 19.5 Å². The van der Waals surface area contributed by atoms with Crippen LogP contribution in [0.3, 0.4) is 0 Å². The van der Waals surface area contributed by atoms with Crippen LogP contribution in [0.25, 0.3) is 22.3 Å². The smallest absolute Gasteiger partial charge is 0.425 e. The quantitative estimate of drug-likeness (QED) is 0.220. The Balaban J connectivity index is 1.06. The van der Waals surface area contributed by atoms with E-state index in [2.05, 4.69) is 59.3 Å². The maximum atomic E-state index is 13.8. The van der Waals surface area contributed by atoms with Crippen LogP contribution < -0.4 is 10.7 Å². The summed E-state index contributed by atoms with van der Waals surface area (Å²) in [5.74, 6) is -0.376. The summed E-state index contributed by atoms with van der Waals surface area (Å²) in [6, 6.07) is 16.4. The summed E-state index contributed by atoms with van der Waals surface area (Å²) in [4.78, 5) is 61.3. The van der Waals surface area contributed by atoms with Crippen molar-refractivity contribution in [1.29, 1.82) is 0 Å². The number of aliphatic imine (C=N–C) groups is 2. The van der Waals surface area contributed by atoms with Crippen molar-refractivity contribution in [2.24, 2.45) is 39.6 Å². The number of allylic oxidation sites excluding steroid dienone is 2. The third-order valence-electron chi connectivity index (χ3n) is 12.0. The molecule has 11 nitrogen and oxygen atoms in total. The predicted octanol–water partition coefficient (Wildman–Crippen LogP) is 8.80. The van der Waals surface area contributed by atoms with Crippen LogP contribution >= 0.6 is 0 Å². The molecule has 56 heavy (non-hydrogen) atoms. The van der Waals surface area contributed by atoms with Gasteiger partial charge in [0.05, 0.1) is 20.3 Å². The second-order valence-electron chi connectivity index (χ2n) is 16.2. The molecule has 0 radical (unpaired) electrons. The first-order chi connectivity index (χ1) is 27.0. The SMILES string of the molecule is COC(=O)NC(C(=O)C1CCCCC1C1=NC=C(c2ccc(-c3ccc(C4=CN=C(C5CCCC[C@H]5C(=O)N(NC(=O)OC)C(C)C)C4)cc3)cc2)C1)C(C)C. The van der Waals surface area contributed by atoms with E-state index in [1.54, 1.807) is 0 Å². The van der Waals surface area contributed by atoms with Gasteiger partial charge in [-0.1, -0.05) is 88.1 Å². The van der Waals surface area contributed by atoms with Crippen LogP contribution in [0, 0.1) is 29.6 Å². The number of alkyl carbamates (subject to hydrolysis) is 1. The molecule has 5 atom stereocenters. The van der Waals surface area contributed by atoms with E-state index in [-0.39, 0.29) is 47.3 Å². The number of hydrogen-bond donors (Lipinski definition) is 2. The number of carbonyl (C=O) groups is 4. The molecule has 0 spiro atoms. The van der Waals surface area contributed by atoms with Gasteiger partial charge in [-0.2, -0.15) is 0 Å². The van der Waals surface area contributed by atoms with Crippen molar-refractivity contribution in [2.45, 2.75) is 104 Å². The zero-order valence-corrected chi connectivity index (χ0v) is 33.7. The van der Waals surface area contributed by atoms with E-state index in [9.17, 15) is 19.2 Å². The van der Waals surface area contributed by atoms with Gasteiger partial charge >= 0.3 is 12.2 Å². The third-order valence-corrected chi connectivity index (χ3v) is 12.0. The Labute approximate surface area is 331 Å². The summed E-state index contributed by atoms with van der Waals surface area (Å²) in [6.07, 6.45) is 11.6. The van der Waals surface area contributed by atoms with Crippen molar-refractivity contribution in [3.05, 3.63) is 72.1 Å². The molecule has 2 aliphatic carbocycles. The minimum absolute atomic E-state index is 0.0269. The van der Waals surface area contributed by atoms with Gasteiger partial charge in [0.15, 0.2) is 5.78 Å². The molecular weight excluding hydrogens is 707 g/mol. The van der Waals surface area contributed by atoms with Gasteiger partial charge in [0.2, 0.25) is 5.91 Å². The average molecular weight is 764 g/mol. The molecule has 2 heterocycles. The van der Waals surface area contributed by atoms with E-state index in [1.165, 1.54) is 19.2 Å². The number of Topliss-reactive ketones (excluding diaryl/α,β-unsaturated/α-hetero) is 1. The van der Waals surface area contributed by atoms with Crippen LogP contribution in [-0.2, 0) is 19.1 Å². The molecule has 2 fully saturated rings. The maximum Gasteiger partial charge on any atom is 0.425 e. The molecule has 11 heteroatoms. The molecule has 4 aliphatic rings. The Hall–Kier alpha value is -5.06. The van der Waals surface area contributed by atoms with Crippen molar-refractivity contribution in [3.8, 4) is 11.1 Å². The van der Waals surface area contributed by atoms with Crippen molar-refractivity contribution in [1.82, 2.24) is 15.8 Å². The van der Waals surface area contributed by atoms with Crippen molar-refractivity contribution < 1.29 is 28.7 Å². The number of methoxy groups -OCH3 is 2. The molecule has 0 bridgehead atoms. The number of ether oxygens (including phenoxy) is 2. The first kappa shape index (κ1) is 40.6. The second-order valence-corrected chi connectivity index (χ2v) is 16.2. The third kappa shape index (κ3) is 9.14. The van der Waals surface area contributed by atoms with Gasteiger partial charge in [-0.05, 0) is 78.8 Å². The van der Waals surface area contributed by atoms with Crippen LogP contribution in [0.4, 0.5) is 9.59 Å². The Bertz CT molecular complexity index is 1760. The molecule has 0 saturated heterocycles. The molecule has 0 aromatic heterocycles. The normalized spacial score (nSPS) is 22.7. The number of hydrogen-bond acceptors (Lipinski definition) is 8. The van der Waals surface area contributed by atoms with Gasteiger partial charge < -0.3 is 14.8 Å². The first-order valence-electron chi connectivity index (χ1n) is 20.3. The largest absolute Gasteiger partial charge is 0.453 e. The van der Waals surface area contributed by atoms with Crippen LogP contribution in [0.2, 0.25) is 0 Å². The summed E-state index contributed by atoms with van der Waals surface area (Å²) in [6.45, 7) is 7.67. The summed E-state index contributed by atoms with van der Waals surface area (Å²) in [7, 11) is 2.61. The Morgan fingerprint density at radius 3 is 1.55 bits per heavy atom.